The number of hydrogen-bond donors (Lipinski definition) is 3. The summed E-state index contributed by atoms with van der Waals surface area (Å²) in [7, 11) is 0. The van der Waals surface area contributed by atoms with Crippen molar-refractivity contribution in [2.24, 2.45) is 5.92 Å². The molecule has 0 spiro atoms. The van der Waals surface area contributed by atoms with Crippen LogP contribution >= 0.6 is 15.9 Å². The fraction of sp³-hybridized carbons (Fsp3) is 0.667. The van der Waals surface area contributed by atoms with Crippen molar-refractivity contribution in [2.45, 2.75) is 39.7 Å². The SMILES string of the molecule is CC(C)c1[nH]nc(C(=O)NC(C)C(C)CO)c1Br. The average molecular weight is 318 g/mol. The first-order chi connectivity index (χ1) is 8.38. The Hall–Kier alpha value is -0.880. The molecule has 1 aromatic heterocycles. The number of nitrogens with one attached hydrogen (secondary N) is 2. The molecule has 0 aromatic carbocycles. The molecule has 1 rings (SSSR count). The highest BCUT2D eigenvalue weighted by Gasteiger charge is 2.21. The predicted octanol–water partition coefficient (Wildman–Crippen LogP) is 2.04. The summed E-state index contributed by atoms with van der Waals surface area (Å²) in [6.45, 7) is 7.83. The van der Waals surface area contributed by atoms with Crippen molar-refractivity contribution >= 4 is 21.8 Å². The number of carbonyl (C=O) groups is 1. The second kappa shape index (κ2) is 6.33. The molecule has 6 heteroatoms. The topological polar surface area (TPSA) is 78.0 Å². The molecule has 102 valence electrons. The Morgan fingerprint density at radius 3 is 2.50 bits per heavy atom. The molecule has 0 aliphatic heterocycles. The van der Waals surface area contributed by atoms with Gasteiger partial charge in [0, 0.05) is 12.6 Å². The van der Waals surface area contributed by atoms with Crippen LogP contribution in [0.2, 0.25) is 0 Å². The summed E-state index contributed by atoms with van der Waals surface area (Å²) < 4.78 is 0.707. The molecule has 0 fully saturated rings. The van der Waals surface area contributed by atoms with Crippen LogP contribution < -0.4 is 5.32 Å². The van der Waals surface area contributed by atoms with E-state index in [4.69, 9.17) is 5.11 Å². The number of carbonyl (C=O) groups excluding carboxylic acids is 1. The number of amides is 1. The van der Waals surface area contributed by atoms with Gasteiger partial charge in [-0.25, -0.2) is 0 Å². The zero-order valence-corrected chi connectivity index (χ0v) is 12.7. The maximum atomic E-state index is 12.0. The lowest BCUT2D eigenvalue weighted by Crippen LogP contribution is -2.38. The summed E-state index contributed by atoms with van der Waals surface area (Å²) in [5, 5.41) is 18.8. The number of hydrogen-bond acceptors (Lipinski definition) is 3. The Bertz CT molecular complexity index is 417. The highest BCUT2D eigenvalue weighted by molar-refractivity contribution is 9.10. The minimum absolute atomic E-state index is 0.0104. The molecule has 1 aromatic rings. The van der Waals surface area contributed by atoms with E-state index in [0.717, 1.165) is 5.69 Å². The first-order valence-electron chi connectivity index (χ1n) is 6.03. The van der Waals surface area contributed by atoms with E-state index in [1.54, 1.807) is 0 Å². The van der Waals surface area contributed by atoms with E-state index in [9.17, 15) is 4.79 Å². The van der Waals surface area contributed by atoms with Gasteiger partial charge >= 0.3 is 0 Å². The van der Waals surface area contributed by atoms with Gasteiger partial charge in [-0.2, -0.15) is 5.10 Å². The average Bonchev–Trinajstić information content (AvgIpc) is 2.69. The molecule has 0 aliphatic carbocycles. The number of rotatable bonds is 5. The van der Waals surface area contributed by atoms with Crippen molar-refractivity contribution in [3.8, 4) is 0 Å². The smallest absolute Gasteiger partial charge is 0.273 e. The molecule has 2 atom stereocenters. The molecule has 0 radical (unpaired) electrons. The third-order valence-corrected chi connectivity index (χ3v) is 3.83. The quantitative estimate of drug-likeness (QED) is 0.777. The van der Waals surface area contributed by atoms with E-state index in [1.165, 1.54) is 0 Å². The largest absolute Gasteiger partial charge is 0.396 e. The monoisotopic (exact) mass is 317 g/mol. The first kappa shape index (κ1) is 15.2. The van der Waals surface area contributed by atoms with Gasteiger partial charge in [0.1, 0.15) is 0 Å². The molecule has 2 unspecified atom stereocenters. The molecular weight excluding hydrogens is 298 g/mol. The number of nitrogens with zero attached hydrogens (tertiary/aromatic N) is 1. The lowest BCUT2D eigenvalue weighted by atomic mass is 10.1. The number of aliphatic hydroxyl groups excluding tert-OH is 1. The van der Waals surface area contributed by atoms with Gasteiger partial charge in [-0.05, 0) is 34.7 Å². The lowest BCUT2D eigenvalue weighted by Gasteiger charge is -2.18. The number of aliphatic hydroxyl groups is 1. The van der Waals surface area contributed by atoms with Gasteiger partial charge in [-0.3, -0.25) is 9.89 Å². The molecule has 18 heavy (non-hydrogen) atoms. The Labute approximate surface area is 115 Å². The number of halogens is 1. The van der Waals surface area contributed by atoms with E-state index in [2.05, 4.69) is 31.4 Å². The molecule has 0 aliphatic rings. The van der Waals surface area contributed by atoms with Gasteiger partial charge in [-0.15, -0.1) is 0 Å². The maximum Gasteiger partial charge on any atom is 0.273 e. The van der Waals surface area contributed by atoms with E-state index in [1.807, 2.05) is 27.7 Å². The molecule has 0 saturated carbocycles. The molecular formula is C12H20BrN3O2. The second-order valence-corrected chi connectivity index (χ2v) is 5.67. The zero-order valence-electron chi connectivity index (χ0n) is 11.1. The Kier molecular flexibility index (Phi) is 5.34. The molecule has 0 saturated heterocycles. The van der Waals surface area contributed by atoms with Gasteiger partial charge in [0.2, 0.25) is 0 Å². The number of H-pyrrole nitrogens is 1. The highest BCUT2D eigenvalue weighted by atomic mass is 79.9. The molecule has 1 heterocycles. The van der Waals surface area contributed by atoms with Gasteiger partial charge in [0.25, 0.3) is 5.91 Å². The van der Waals surface area contributed by atoms with Crippen LogP contribution in [-0.4, -0.2) is 33.9 Å². The van der Waals surface area contributed by atoms with Gasteiger partial charge in [0.15, 0.2) is 5.69 Å². The molecule has 1 amide bonds. The fourth-order valence-electron chi connectivity index (χ4n) is 1.45. The predicted molar refractivity (Wildman–Crippen MR) is 73.6 cm³/mol. The second-order valence-electron chi connectivity index (χ2n) is 4.88. The molecule has 5 nitrogen and oxygen atoms in total. The highest BCUT2D eigenvalue weighted by Crippen LogP contribution is 2.25. The van der Waals surface area contributed by atoms with Crippen LogP contribution in [-0.2, 0) is 0 Å². The van der Waals surface area contributed by atoms with Gasteiger partial charge in [-0.1, -0.05) is 20.8 Å². The zero-order chi connectivity index (χ0) is 13.9. The summed E-state index contributed by atoms with van der Waals surface area (Å²) in [6, 6.07) is -0.103. The van der Waals surface area contributed by atoms with Crippen molar-refractivity contribution in [2.75, 3.05) is 6.61 Å². The van der Waals surface area contributed by atoms with Crippen LogP contribution in [0.5, 0.6) is 0 Å². The van der Waals surface area contributed by atoms with Crippen LogP contribution in [0.15, 0.2) is 4.47 Å². The Morgan fingerprint density at radius 1 is 1.44 bits per heavy atom. The van der Waals surface area contributed by atoms with Gasteiger partial charge < -0.3 is 10.4 Å². The van der Waals surface area contributed by atoms with Crippen LogP contribution in [0.25, 0.3) is 0 Å². The summed E-state index contributed by atoms with van der Waals surface area (Å²) in [4.78, 5) is 12.0. The fourth-order valence-corrected chi connectivity index (χ4v) is 2.27. The van der Waals surface area contributed by atoms with Crippen molar-refractivity contribution in [1.29, 1.82) is 0 Å². The minimum Gasteiger partial charge on any atom is -0.396 e. The summed E-state index contributed by atoms with van der Waals surface area (Å²) >= 11 is 3.39. The summed E-state index contributed by atoms with van der Waals surface area (Å²) in [6.07, 6.45) is 0. The van der Waals surface area contributed by atoms with Crippen LogP contribution in [0.3, 0.4) is 0 Å². The van der Waals surface area contributed by atoms with Crippen molar-refractivity contribution < 1.29 is 9.90 Å². The minimum atomic E-state index is -0.238. The maximum absolute atomic E-state index is 12.0. The molecule has 3 N–H and O–H groups in total. The van der Waals surface area contributed by atoms with Crippen molar-refractivity contribution in [3.05, 3.63) is 15.9 Å². The van der Waals surface area contributed by atoms with Gasteiger partial charge in [0.05, 0.1) is 10.2 Å². The van der Waals surface area contributed by atoms with E-state index in [-0.39, 0.29) is 30.4 Å². The van der Waals surface area contributed by atoms with Crippen molar-refractivity contribution in [1.82, 2.24) is 15.5 Å². The van der Waals surface area contributed by atoms with E-state index in [0.29, 0.717) is 10.2 Å². The number of aromatic nitrogens is 2. The standard InChI is InChI=1S/C12H20BrN3O2/c1-6(2)10-9(13)11(16-15-10)12(18)14-8(4)7(3)5-17/h6-8,17H,5H2,1-4H3,(H,14,18)(H,15,16). The van der Waals surface area contributed by atoms with Crippen LogP contribution in [0, 0.1) is 5.92 Å². The Morgan fingerprint density at radius 2 is 2.06 bits per heavy atom. The lowest BCUT2D eigenvalue weighted by molar-refractivity contribution is 0.0910. The summed E-state index contributed by atoms with van der Waals surface area (Å²) in [5.41, 5.74) is 1.26. The first-order valence-corrected chi connectivity index (χ1v) is 6.83. The van der Waals surface area contributed by atoms with Crippen molar-refractivity contribution in [3.63, 3.8) is 0 Å². The Balaban J connectivity index is 2.79. The normalized spacial score (nSPS) is 14.6. The van der Waals surface area contributed by atoms with Crippen LogP contribution in [0.1, 0.15) is 49.8 Å². The third kappa shape index (κ3) is 3.32. The van der Waals surface area contributed by atoms with E-state index < -0.39 is 0 Å². The molecule has 0 bridgehead atoms. The van der Waals surface area contributed by atoms with E-state index >= 15 is 0 Å². The summed E-state index contributed by atoms with van der Waals surface area (Å²) in [5.74, 6) is 0.0382. The third-order valence-electron chi connectivity index (χ3n) is 3.03. The van der Waals surface area contributed by atoms with Crippen LogP contribution in [0.4, 0.5) is 0 Å². The number of aromatic amines is 1.